The molecule has 4 heteroatoms. The molecule has 0 aromatic heterocycles. The molecule has 0 spiro atoms. The first kappa shape index (κ1) is 54.9. The summed E-state index contributed by atoms with van der Waals surface area (Å²) in [4.78, 5) is 0. The van der Waals surface area contributed by atoms with E-state index in [9.17, 15) is 0 Å². The first-order valence-corrected chi connectivity index (χ1v) is 27.5. The Morgan fingerprint density at radius 2 is 0.342 bits per heavy atom. The largest absolute Gasteiger partial charge is 3.00 e. The quantitative estimate of drug-likeness (QED) is 0.160. The fourth-order valence-electron chi connectivity index (χ4n) is 14.0. The fourth-order valence-corrected chi connectivity index (χ4v) is 14.0. The monoisotopic (exact) mass is 1040 g/mol. The van der Waals surface area contributed by atoms with Crippen LogP contribution >= 0.6 is 0 Å². The molecule has 3 nitrogen and oxygen atoms in total. The summed E-state index contributed by atoms with van der Waals surface area (Å²) in [6.45, 7) is 40.2. The molecule has 0 bridgehead atoms. The zero-order valence-corrected chi connectivity index (χ0v) is 49.6. The van der Waals surface area contributed by atoms with Gasteiger partial charge < -0.3 is 16.0 Å². The van der Waals surface area contributed by atoms with Crippen molar-refractivity contribution in [2.75, 3.05) is 0 Å². The van der Waals surface area contributed by atoms with Crippen LogP contribution in [-0.2, 0) is 16.8 Å². The zero-order chi connectivity index (χ0) is 53.6. The van der Waals surface area contributed by atoms with Crippen LogP contribution in [-0.4, -0.2) is 0 Å². The number of aryl methyl sites for hydroxylation is 6. The second kappa shape index (κ2) is 21.2. The minimum atomic E-state index is 0. The van der Waals surface area contributed by atoms with Crippen molar-refractivity contribution < 1.29 is 16.8 Å². The number of benzene rings is 6. The van der Waals surface area contributed by atoms with Crippen molar-refractivity contribution >= 4 is 33.4 Å². The van der Waals surface area contributed by atoms with Gasteiger partial charge in [-0.15, -0.1) is 0 Å². The summed E-state index contributed by atoms with van der Waals surface area (Å²) < 4.78 is 0. The third-order valence-electron chi connectivity index (χ3n) is 18.8. The van der Waals surface area contributed by atoms with E-state index in [0.29, 0.717) is 0 Å². The number of hydrogen-bond acceptors (Lipinski definition) is 0. The van der Waals surface area contributed by atoms with Crippen molar-refractivity contribution in [3.05, 3.63) is 259 Å². The molecule has 6 unspecified atom stereocenters. The van der Waals surface area contributed by atoms with Crippen molar-refractivity contribution in [1.29, 1.82) is 0 Å². The number of nitrogens with zero attached hydrogens (tertiary/aromatic N) is 3. The van der Waals surface area contributed by atoms with Crippen molar-refractivity contribution in [3.8, 4) is 0 Å². The van der Waals surface area contributed by atoms with Gasteiger partial charge in [0.25, 0.3) is 0 Å². The molecule has 0 N–H and O–H groups in total. The molecule has 0 fully saturated rings. The molecule has 390 valence electrons. The van der Waals surface area contributed by atoms with Crippen molar-refractivity contribution in [3.63, 3.8) is 0 Å². The second-order valence-corrected chi connectivity index (χ2v) is 22.9. The molecule has 12 rings (SSSR count). The molecular formula is C72H78CoN3. The Balaban J connectivity index is 0.000000138. The average molecular weight is 1040 g/mol. The van der Waals surface area contributed by atoms with Gasteiger partial charge in [0.1, 0.15) is 0 Å². The van der Waals surface area contributed by atoms with Gasteiger partial charge in [0, 0.05) is 0 Å². The molecular weight excluding hydrogens is 966 g/mol. The van der Waals surface area contributed by atoms with Crippen LogP contribution in [0.15, 0.2) is 143 Å². The minimum Gasteiger partial charge on any atom is -0.642 e. The molecule has 0 heterocycles. The van der Waals surface area contributed by atoms with Crippen molar-refractivity contribution in [2.24, 2.45) is 0 Å². The van der Waals surface area contributed by atoms with Gasteiger partial charge >= 0.3 is 16.8 Å². The van der Waals surface area contributed by atoms with Gasteiger partial charge in [-0.2, -0.15) is 0 Å². The van der Waals surface area contributed by atoms with E-state index in [1.807, 2.05) is 0 Å². The van der Waals surface area contributed by atoms with Crippen LogP contribution in [0.3, 0.4) is 0 Å². The molecule has 6 aromatic rings. The van der Waals surface area contributed by atoms with E-state index in [1.165, 1.54) is 167 Å². The second-order valence-electron chi connectivity index (χ2n) is 22.9. The van der Waals surface area contributed by atoms with E-state index in [2.05, 4.69) is 234 Å². The van der Waals surface area contributed by atoms with Gasteiger partial charge in [-0.3, -0.25) is 0 Å². The third kappa shape index (κ3) is 8.87. The van der Waals surface area contributed by atoms with E-state index in [1.54, 1.807) is 0 Å². The maximum Gasteiger partial charge on any atom is 3.00 e. The Hall–Kier alpha value is -5.85. The van der Waals surface area contributed by atoms with Crippen LogP contribution in [0.1, 0.15) is 219 Å². The van der Waals surface area contributed by atoms with Gasteiger partial charge in [0.15, 0.2) is 0 Å². The summed E-state index contributed by atoms with van der Waals surface area (Å²) >= 11 is 0. The molecule has 0 radical (unpaired) electrons. The third-order valence-corrected chi connectivity index (χ3v) is 18.8. The Bertz CT molecular complexity index is 2980. The van der Waals surface area contributed by atoms with Gasteiger partial charge in [0.05, 0.1) is 0 Å². The summed E-state index contributed by atoms with van der Waals surface area (Å²) in [5.74, 6) is 0. The predicted molar refractivity (Wildman–Crippen MR) is 323 cm³/mol. The van der Waals surface area contributed by atoms with Gasteiger partial charge in [-0.1, -0.05) is 212 Å². The zero-order valence-electron chi connectivity index (χ0n) is 48.5. The topological polar surface area (TPSA) is 42.3 Å². The molecule has 0 saturated heterocycles. The van der Waals surface area contributed by atoms with E-state index >= 15 is 0 Å². The SMILES string of the molecule is CC1=C(C)C([N-]C2C(C)=C(C)c3c(C)cccc32)c2cccc(C)c21.CC1=C(C)C([N-]C2C(C)=C(C)c3c(C)cccc32)c2cccc(C)c21.CC1=C(C)C([N-]C2C(C)=C(C)c3c(C)cccc32)c2cccc(C)c21.[Co+3]. The van der Waals surface area contributed by atoms with E-state index in [4.69, 9.17) is 16.0 Å². The predicted octanol–water partition coefficient (Wildman–Crippen LogP) is 21.2. The molecule has 0 aliphatic heterocycles. The molecule has 6 atom stereocenters. The molecule has 6 aromatic carbocycles. The Kier molecular flexibility index (Phi) is 15.3. The summed E-state index contributed by atoms with van der Waals surface area (Å²) in [7, 11) is 0. The molecule has 0 amide bonds. The fraction of sp³-hybridized carbons (Fsp3) is 0.333. The Morgan fingerprint density at radius 3 is 0.474 bits per heavy atom. The smallest absolute Gasteiger partial charge is 0.642 e. The van der Waals surface area contributed by atoms with Crippen LogP contribution in [0.2, 0.25) is 0 Å². The average Bonchev–Trinajstić information content (AvgIpc) is 4.12. The van der Waals surface area contributed by atoms with E-state index in [0.717, 1.165) is 0 Å². The summed E-state index contributed by atoms with van der Waals surface area (Å²) in [6, 6.07) is 40.9. The van der Waals surface area contributed by atoms with Crippen LogP contribution in [0.25, 0.3) is 49.4 Å². The van der Waals surface area contributed by atoms with Crippen LogP contribution < -0.4 is 0 Å². The molecule has 6 aliphatic carbocycles. The molecule has 0 saturated carbocycles. The van der Waals surface area contributed by atoms with E-state index in [-0.39, 0.29) is 53.0 Å². The maximum absolute atomic E-state index is 5.39. The Morgan fingerprint density at radius 1 is 0.211 bits per heavy atom. The van der Waals surface area contributed by atoms with Gasteiger partial charge in [-0.25, -0.2) is 0 Å². The number of fused-ring (bicyclic) bond motifs is 6. The molecule has 76 heavy (non-hydrogen) atoms. The van der Waals surface area contributed by atoms with Crippen molar-refractivity contribution in [2.45, 2.75) is 161 Å². The maximum atomic E-state index is 5.39. The van der Waals surface area contributed by atoms with Crippen LogP contribution in [0, 0.1) is 41.5 Å². The summed E-state index contributed by atoms with van der Waals surface area (Å²) in [5.41, 5.74) is 41.7. The normalized spacial score (nSPS) is 21.6. The Labute approximate surface area is 467 Å². The molecule has 6 aliphatic rings. The number of rotatable bonds is 6. The number of hydrogen-bond donors (Lipinski definition) is 0. The van der Waals surface area contributed by atoms with Gasteiger partial charge in [-0.05, 0) is 225 Å². The van der Waals surface area contributed by atoms with Crippen LogP contribution in [0.4, 0.5) is 0 Å². The standard InChI is InChI=1S/3C24H26N.Co/c3*1-13-9-7-11-19-21(13)15(3)17(5)23(19)25-24-18(6)16(4)22-14(2)10-8-12-20(22)24;/h3*7-12,23-24H,1-6H3;/q3*-1;+3. The first-order valence-electron chi connectivity index (χ1n) is 27.5. The van der Waals surface area contributed by atoms with Gasteiger partial charge in [0.2, 0.25) is 0 Å². The minimum absolute atomic E-state index is 0. The first-order chi connectivity index (χ1) is 35.7. The summed E-state index contributed by atoms with van der Waals surface area (Å²) in [6.07, 6.45) is 0. The summed E-state index contributed by atoms with van der Waals surface area (Å²) in [5, 5.41) is 16.2. The number of allylic oxidation sites excluding steroid dienone is 6. The van der Waals surface area contributed by atoms with Crippen LogP contribution in [0.5, 0.6) is 0 Å². The van der Waals surface area contributed by atoms with Crippen molar-refractivity contribution in [1.82, 2.24) is 0 Å². The van der Waals surface area contributed by atoms with E-state index < -0.39 is 0 Å².